The van der Waals surface area contributed by atoms with Crippen molar-refractivity contribution in [2.45, 2.75) is 78.6 Å². The van der Waals surface area contributed by atoms with Gasteiger partial charge in [-0.2, -0.15) is 4.98 Å². The first-order chi connectivity index (χ1) is 23.9. The van der Waals surface area contributed by atoms with Gasteiger partial charge in [-0.25, -0.2) is 14.6 Å². The molecule has 0 spiro atoms. The third-order valence-electron chi connectivity index (χ3n) is 7.95. The summed E-state index contributed by atoms with van der Waals surface area (Å²) < 4.78 is 21.7. The van der Waals surface area contributed by atoms with Crippen LogP contribution in [0, 0.1) is 18.8 Å². The minimum Gasteiger partial charge on any atom is -0.460 e. The van der Waals surface area contributed by atoms with Crippen molar-refractivity contribution in [1.82, 2.24) is 20.2 Å². The van der Waals surface area contributed by atoms with Gasteiger partial charge in [0.25, 0.3) is 5.91 Å². The summed E-state index contributed by atoms with van der Waals surface area (Å²) >= 11 is 0. The molecule has 3 rings (SSSR count). The van der Waals surface area contributed by atoms with Crippen LogP contribution in [0.1, 0.15) is 69.2 Å². The van der Waals surface area contributed by atoms with Crippen LogP contribution in [0.2, 0.25) is 0 Å². The van der Waals surface area contributed by atoms with E-state index in [0.29, 0.717) is 50.1 Å². The van der Waals surface area contributed by atoms with Gasteiger partial charge in [0.1, 0.15) is 37.2 Å². The van der Waals surface area contributed by atoms with E-state index >= 15 is 0 Å². The highest BCUT2D eigenvalue weighted by Crippen LogP contribution is 2.26. The fourth-order valence-corrected chi connectivity index (χ4v) is 5.39. The van der Waals surface area contributed by atoms with Gasteiger partial charge in [0.05, 0.1) is 19.1 Å². The van der Waals surface area contributed by atoms with Gasteiger partial charge >= 0.3 is 12.1 Å². The Labute approximate surface area is 291 Å². The Bertz CT molecular complexity index is 1540. The molecule has 15 nitrogen and oxygen atoms in total. The zero-order valence-electron chi connectivity index (χ0n) is 29.1. The lowest BCUT2D eigenvalue weighted by Gasteiger charge is -2.31. The first kappa shape index (κ1) is 39.5. The molecular formula is C35H47N5O10. The number of likely N-dealkylation sites (tertiary alicyclic amines) is 1. The molecule has 2 aromatic rings. The quantitative estimate of drug-likeness (QED) is 0.0630. The van der Waals surface area contributed by atoms with E-state index in [9.17, 15) is 29.1 Å². The molecular weight excluding hydrogens is 650 g/mol. The lowest BCUT2D eigenvalue weighted by molar-refractivity contribution is -0.159. The average molecular weight is 698 g/mol. The Morgan fingerprint density at radius 3 is 2.62 bits per heavy atom. The summed E-state index contributed by atoms with van der Waals surface area (Å²) in [4.78, 5) is 71.7. The molecule has 5 atom stereocenters. The number of nitrogens with zero attached hydrogens (tertiary/aromatic N) is 3. The van der Waals surface area contributed by atoms with Crippen LogP contribution in [-0.2, 0) is 30.3 Å². The van der Waals surface area contributed by atoms with E-state index in [2.05, 4.69) is 20.6 Å². The van der Waals surface area contributed by atoms with Crippen molar-refractivity contribution < 1.29 is 47.4 Å². The smallest absolute Gasteiger partial charge is 0.412 e. The number of hydrogen-bond acceptors (Lipinski definition) is 13. The number of carbonyl (C=O) groups excluding carboxylic acids is 5. The summed E-state index contributed by atoms with van der Waals surface area (Å²) in [7, 11) is 0. The SMILES string of the molecule is CC[C@H](O)/C=C(C)/C=C/CNC/C(C=O)=C/[C@@H](C)[C@H](OC(=O)[C@H]1CCCN1C(=O)c1coc(CC=O)n1)[C@@H](C)COC(=O)Nc1coc(C)n1. The maximum absolute atomic E-state index is 13.7. The highest BCUT2D eigenvalue weighted by atomic mass is 16.6. The molecule has 1 aliphatic heterocycles. The molecule has 15 heteroatoms. The fraction of sp³-hybridized carbons (Fsp3) is 0.514. The van der Waals surface area contributed by atoms with Gasteiger partial charge < -0.3 is 38.4 Å². The second kappa shape index (κ2) is 19.9. The number of oxazole rings is 2. The molecule has 3 N–H and O–H groups in total. The number of aryl methyl sites for hydroxylation is 1. The number of anilines is 1. The number of carbonyl (C=O) groups is 5. The summed E-state index contributed by atoms with van der Waals surface area (Å²) in [6.07, 6.45) is 10.3. The molecule has 0 unspecified atom stereocenters. The van der Waals surface area contributed by atoms with Crippen LogP contribution in [0.25, 0.3) is 0 Å². The van der Waals surface area contributed by atoms with Crippen molar-refractivity contribution in [2.24, 2.45) is 11.8 Å². The number of allylic oxidation sites excluding steroid dienone is 2. The molecule has 1 fully saturated rings. The van der Waals surface area contributed by atoms with E-state index in [-0.39, 0.29) is 37.0 Å². The van der Waals surface area contributed by atoms with Crippen LogP contribution >= 0.6 is 0 Å². The van der Waals surface area contributed by atoms with Gasteiger partial charge in [-0.05, 0) is 26.2 Å². The Morgan fingerprint density at radius 1 is 1.16 bits per heavy atom. The number of hydrogen-bond donors (Lipinski definition) is 3. The van der Waals surface area contributed by atoms with E-state index in [4.69, 9.17) is 18.3 Å². The molecule has 3 heterocycles. The molecule has 1 saturated heterocycles. The summed E-state index contributed by atoms with van der Waals surface area (Å²) in [5.41, 5.74) is 1.31. The van der Waals surface area contributed by atoms with E-state index in [1.165, 1.54) is 11.2 Å². The van der Waals surface area contributed by atoms with Crippen molar-refractivity contribution in [3.63, 3.8) is 0 Å². The van der Waals surface area contributed by atoms with Gasteiger partial charge in [-0.3, -0.25) is 14.9 Å². The number of aldehydes is 2. The van der Waals surface area contributed by atoms with Gasteiger partial charge in [-0.15, -0.1) is 0 Å². The van der Waals surface area contributed by atoms with Gasteiger partial charge in [0.15, 0.2) is 17.4 Å². The molecule has 0 aromatic carbocycles. The lowest BCUT2D eigenvalue weighted by atomic mass is 9.91. The van der Waals surface area contributed by atoms with Crippen LogP contribution < -0.4 is 10.6 Å². The number of aliphatic hydroxyl groups is 1. The minimum absolute atomic E-state index is 0.0211. The Kier molecular flexibility index (Phi) is 15.8. The van der Waals surface area contributed by atoms with Gasteiger partial charge in [-0.1, -0.05) is 50.6 Å². The van der Waals surface area contributed by atoms with E-state index < -0.39 is 48.1 Å². The summed E-state index contributed by atoms with van der Waals surface area (Å²) in [5.74, 6) is -1.60. The highest BCUT2D eigenvalue weighted by Gasteiger charge is 2.39. The molecule has 2 amide bonds. The Hall–Kier alpha value is -4.89. The standard InChI is InChI=1S/C35H47N5O10/c1-6-27(43)15-22(2)9-7-12-36-17-26(18-42)16-23(3)32(24(4)19-49-35(46)39-30-21-47-25(5)37-30)50-34(45)29-10-8-13-40(29)33(44)28-20-48-31(38-28)11-14-41/h7,9,14-16,18,20-21,23-24,27,29,32,36,43H,6,8,10-13,17,19H2,1-5H3,(H,39,46)/b9-7+,22-15+,26-16-/t23-,24+,27+,29-,32+/m1/s1. The highest BCUT2D eigenvalue weighted by molar-refractivity contribution is 5.95. The Balaban J connectivity index is 1.72. The summed E-state index contributed by atoms with van der Waals surface area (Å²) in [5, 5.41) is 15.4. The van der Waals surface area contributed by atoms with Crippen molar-refractivity contribution in [1.29, 1.82) is 0 Å². The van der Waals surface area contributed by atoms with Gasteiger partial charge in [0, 0.05) is 44.0 Å². The van der Waals surface area contributed by atoms with Crippen molar-refractivity contribution in [3.8, 4) is 0 Å². The number of amides is 2. The normalized spacial score (nSPS) is 17.6. The monoisotopic (exact) mass is 697 g/mol. The fourth-order valence-electron chi connectivity index (χ4n) is 5.39. The molecule has 0 saturated carbocycles. The van der Waals surface area contributed by atoms with Crippen molar-refractivity contribution >= 4 is 36.4 Å². The first-order valence-corrected chi connectivity index (χ1v) is 16.6. The van der Waals surface area contributed by atoms with Crippen molar-refractivity contribution in [2.75, 3.05) is 31.6 Å². The predicted octanol–water partition coefficient (Wildman–Crippen LogP) is 3.74. The van der Waals surface area contributed by atoms with E-state index in [1.54, 1.807) is 32.9 Å². The Morgan fingerprint density at radius 2 is 1.94 bits per heavy atom. The van der Waals surface area contributed by atoms with Crippen molar-refractivity contribution in [3.05, 3.63) is 65.5 Å². The number of ether oxygens (including phenoxy) is 2. The summed E-state index contributed by atoms with van der Waals surface area (Å²) in [6.45, 7) is 9.77. The molecule has 0 radical (unpaired) electrons. The molecule has 0 bridgehead atoms. The second-order valence-electron chi connectivity index (χ2n) is 12.1. The lowest BCUT2D eigenvalue weighted by Crippen LogP contribution is -2.44. The minimum atomic E-state index is -0.908. The molecule has 272 valence electrons. The van der Waals surface area contributed by atoms with Crippen LogP contribution in [-0.4, -0.2) is 95.0 Å². The zero-order chi connectivity index (χ0) is 36.6. The predicted molar refractivity (Wildman–Crippen MR) is 181 cm³/mol. The molecule has 0 aliphatic carbocycles. The zero-order valence-corrected chi connectivity index (χ0v) is 29.1. The number of esters is 1. The topological polar surface area (TPSA) is 203 Å². The number of nitrogens with one attached hydrogen (secondary N) is 2. The van der Waals surface area contributed by atoms with Crippen LogP contribution in [0.3, 0.4) is 0 Å². The third kappa shape index (κ3) is 12.2. The van der Waals surface area contributed by atoms with E-state index in [0.717, 1.165) is 18.1 Å². The van der Waals surface area contributed by atoms with Crippen LogP contribution in [0.4, 0.5) is 10.6 Å². The second-order valence-corrected chi connectivity index (χ2v) is 12.1. The van der Waals surface area contributed by atoms with Gasteiger partial charge in [0.2, 0.25) is 5.89 Å². The maximum Gasteiger partial charge on any atom is 0.412 e. The third-order valence-corrected chi connectivity index (χ3v) is 7.95. The molecule has 2 aromatic heterocycles. The number of aromatic nitrogens is 2. The van der Waals surface area contributed by atoms with Crippen LogP contribution in [0.5, 0.6) is 0 Å². The van der Waals surface area contributed by atoms with E-state index in [1.807, 2.05) is 26.0 Å². The first-order valence-electron chi connectivity index (χ1n) is 16.6. The number of aliphatic hydroxyl groups excluding tert-OH is 1. The molecule has 50 heavy (non-hydrogen) atoms. The number of rotatable bonds is 19. The maximum atomic E-state index is 13.7. The largest absolute Gasteiger partial charge is 0.460 e. The molecule has 1 aliphatic rings. The summed E-state index contributed by atoms with van der Waals surface area (Å²) in [6, 6.07) is -0.908. The van der Waals surface area contributed by atoms with Crippen LogP contribution in [0.15, 0.2) is 56.8 Å². The average Bonchev–Trinajstić information content (AvgIpc) is 3.86.